The van der Waals surface area contributed by atoms with Crippen molar-refractivity contribution >= 4 is 22.8 Å². The number of carbonyl (C=O) groups is 1. The molecule has 1 N–H and O–H groups in total. The number of aryl methyl sites for hydroxylation is 2. The van der Waals surface area contributed by atoms with Crippen LogP contribution in [0.15, 0.2) is 40.2 Å². The molecule has 3 heterocycles. The molecule has 9 heteroatoms. The number of hydrogen-bond acceptors (Lipinski definition) is 5. The molecule has 164 valence electrons. The van der Waals surface area contributed by atoms with Crippen molar-refractivity contribution < 1.29 is 4.79 Å². The Morgan fingerprint density at radius 1 is 1.16 bits per heavy atom. The van der Waals surface area contributed by atoms with Gasteiger partial charge in [0.15, 0.2) is 11.2 Å². The first-order valence-corrected chi connectivity index (χ1v) is 10.6. The van der Waals surface area contributed by atoms with Gasteiger partial charge in [0.25, 0.3) is 5.56 Å². The van der Waals surface area contributed by atoms with E-state index >= 15 is 0 Å². The number of nitrogens with zero attached hydrogens (tertiary/aromatic N) is 5. The van der Waals surface area contributed by atoms with Crippen molar-refractivity contribution in [3.05, 3.63) is 57.0 Å². The fraction of sp³-hybridized carbons (Fsp3) is 0.455. The van der Waals surface area contributed by atoms with E-state index in [2.05, 4.69) is 22.1 Å². The lowest BCUT2D eigenvalue weighted by molar-refractivity contribution is -0.116. The van der Waals surface area contributed by atoms with Crippen LogP contribution >= 0.6 is 0 Å². The average molecular weight is 425 g/mol. The Bertz CT molecular complexity index is 1220. The SMILES string of the molecule is CC1CCCCN1Cc1ccc(NC(=O)Cn2c(=O)c3c(ncn3C)n(C)c2=O)cc1. The van der Waals surface area contributed by atoms with Crippen LogP contribution < -0.4 is 16.6 Å². The zero-order chi connectivity index (χ0) is 22.1. The number of aromatic nitrogens is 4. The predicted molar refractivity (Wildman–Crippen MR) is 119 cm³/mol. The van der Waals surface area contributed by atoms with Crippen LogP contribution in [0.1, 0.15) is 31.7 Å². The Hall–Kier alpha value is -3.20. The molecule has 0 spiro atoms. The molecule has 1 fully saturated rings. The van der Waals surface area contributed by atoms with E-state index in [0.717, 1.165) is 17.7 Å². The lowest BCUT2D eigenvalue weighted by Crippen LogP contribution is -2.42. The third-order valence-corrected chi connectivity index (χ3v) is 6.07. The maximum Gasteiger partial charge on any atom is 0.332 e. The Morgan fingerprint density at radius 3 is 2.61 bits per heavy atom. The Morgan fingerprint density at radius 2 is 1.90 bits per heavy atom. The number of likely N-dealkylation sites (tertiary alicyclic amines) is 1. The first kappa shape index (κ1) is 21.0. The molecule has 1 aromatic carbocycles. The summed E-state index contributed by atoms with van der Waals surface area (Å²) in [6.07, 6.45) is 5.24. The lowest BCUT2D eigenvalue weighted by atomic mass is 10.0. The van der Waals surface area contributed by atoms with Crippen LogP contribution in [0.25, 0.3) is 11.2 Å². The minimum Gasteiger partial charge on any atom is -0.328 e. The molecule has 1 aliphatic heterocycles. The van der Waals surface area contributed by atoms with E-state index in [1.54, 1.807) is 11.6 Å². The summed E-state index contributed by atoms with van der Waals surface area (Å²) in [6.45, 7) is 3.92. The second kappa shape index (κ2) is 8.50. The molecule has 9 nitrogen and oxygen atoms in total. The number of fused-ring (bicyclic) bond motifs is 1. The van der Waals surface area contributed by atoms with Crippen LogP contribution in [0.4, 0.5) is 5.69 Å². The van der Waals surface area contributed by atoms with Gasteiger partial charge in [0.1, 0.15) is 6.54 Å². The van der Waals surface area contributed by atoms with E-state index in [9.17, 15) is 14.4 Å². The van der Waals surface area contributed by atoms with E-state index in [1.165, 1.54) is 42.8 Å². The van der Waals surface area contributed by atoms with Gasteiger partial charge in [-0.05, 0) is 44.0 Å². The number of nitrogens with one attached hydrogen (secondary N) is 1. The summed E-state index contributed by atoms with van der Waals surface area (Å²) >= 11 is 0. The summed E-state index contributed by atoms with van der Waals surface area (Å²) in [7, 11) is 3.21. The lowest BCUT2D eigenvalue weighted by Gasteiger charge is -2.33. The van der Waals surface area contributed by atoms with Gasteiger partial charge in [-0.15, -0.1) is 0 Å². The fourth-order valence-corrected chi connectivity index (χ4v) is 4.20. The Balaban J connectivity index is 1.46. The predicted octanol–water partition coefficient (Wildman–Crippen LogP) is 1.45. The molecule has 0 aliphatic carbocycles. The molecule has 1 unspecified atom stereocenters. The topological polar surface area (TPSA) is 94.2 Å². The van der Waals surface area contributed by atoms with Crippen molar-refractivity contribution in [1.29, 1.82) is 0 Å². The number of amides is 1. The molecule has 31 heavy (non-hydrogen) atoms. The molecule has 1 amide bonds. The molecule has 1 atom stereocenters. The number of imidazole rings is 1. The smallest absolute Gasteiger partial charge is 0.328 e. The second-order valence-electron chi connectivity index (χ2n) is 8.32. The van der Waals surface area contributed by atoms with Gasteiger partial charge in [-0.25, -0.2) is 14.3 Å². The maximum atomic E-state index is 12.7. The van der Waals surface area contributed by atoms with Crippen LogP contribution in [0.2, 0.25) is 0 Å². The van der Waals surface area contributed by atoms with Gasteiger partial charge in [-0.3, -0.25) is 19.1 Å². The molecule has 0 saturated carbocycles. The standard InChI is InChI=1S/C22H28N6O3/c1-15-6-4-5-11-27(15)12-16-7-9-17(10-8-16)24-18(29)13-28-21(30)19-20(23-14-25(19)2)26(3)22(28)31/h7-10,14-15H,4-6,11-13H2,1-3H3,(H,24,29). The summed E-state index contributed by atoms with van der Waals surface area (Å²) in [4.78, 5) is 44.4. The zero-order valence-electron chi connectivity index (χ0n) is 18.2. The number of carbonyl (C=O) groups excluding carboxylic acids is 1. The highest BCUT2D eigenvalue weighted by molar-refractivity contribution is 5.90. The number of rotatable bonds is 5. The normalized spacial score (nSPS) is 17.2. The van der Waals surface area contributed by atoms with Gasteiger partial charge in [0, 0.05) is 32.4 Å². The van der Waals surface area contributed by atoms with Crippen molar-refractivity contribution in [2.75, 3.05) is 11.9 Å². The minimum absolute atomic E-state index is 0.284. The van der Waals surface area contributed by atoms with Gasteiger partial charge in [-0.2, -0.15) is 0 Å². The molecular weight excluding hydrogens is 396 g/mol. The molecule has 0 radical (unpaired) electrons. The molecule has 1 aliphatic rings. The van der Waals surface area contributed by atoms with E-state index in [4.69, 9.17) is 0 Å². The van der Waals surface area contributed by atoms with E-state index in [-0.39, 0.29) is 12.1 Å². The monoisotopic (exact) mass is 424 g/mol. The summed E-state index contributed by atoms with van der Waals surface area (Å²) in [6, 6.07) is 8.30. The largest absolute Gasteiger partial charge is 0.332 e. The number of benzene rings is 1. The number of anilines is 1. The average Bonchev–Trinajstić information content (AvgIpc) is 3.14. The minimum atomic E-state index is -0.572. The molecule has 3 aromatic rings. The first-order valence-electron chi connectivity index (χ1n) is 10.6. The van der Waals surface area contributed by atoms with Crippen LogP contribution in [0.5, 0.6) is 0 Å². The van der Waals surface area contributed by atoms with Gasteiger partial charge in [0.2, 0.25) is 5.91 Å². The highest BCUT2D eigenvalue weighted by Gasteiger charge is 2.19. The summed E-state index contributed by atoms with van der Waals surface area (Å²) < 4.78 is 3.76. The third kappa shape index (κ3) is 4.18. The molecular formula is C22H28N6O3. The first-order chi connectivity index (χ1) is 14.8. The molecule has 2 aromatic heterocycles. The Kier molecular flexibility index (Phi) is 5.77. The maximum absolute atomic E-state index is 12.7. The molecule has 4 rings (SSSR count). The van der Waals surface area contributed by atoms with Crippen molar-refractivity contribution in [2.45, 2.75) is 45.3 Å². The van der Waals surface area contributed by atoms with Crippen molar-refractivity contribution in [3.8, 4) is 0 Å². The van der Waals surface area contributed by atoms with Crippen molar-refractivity contribution in [1.82, 2.24) is 23.6 Å². The molecule has 0 bridgehead atoms. The highest BCUT2D eigenvalue weighted by Crippen LogP contribution is 2.20. The van der Waals surface area contributed by atoms with E-state index in [0.29, 0.717) is 17.4 Å². The zero-order valence-corrected chi connectivity index (χ0v) is 18.2. The van der Waals surface area contributed by atoms with E-state index < -0.39 is 17.2 Å². The van der Waals surface area contributed by atoms with E-state index in [1.807, 2.05) is 24.3 Å². The van der Waals surface area contributed by atoms with Gasteiger partial charge in [0.05, 0.1) is 6.33 Å². The summed E-state index contributed by atoms with van der Waals surface area (Å²) in [5.41, 5.74) is 1.31. The quantitative estimate of drug-likeness (QED) is 0.669. The summed E-state index contributed by atoms with van der Waals surface area (Å²) in [5, 5.41) is 2.78. The molecule has 1 saturated heterocycles. The van der Waals surface area contributed by atoms with Crippen molar-refractivity contribution in [3.63, 3.8) is 0 Å². The summed E-state index contributed by atoms with van der Waals surface area (Å²) in [5.74, 6) is -0.432. The van der Waals surface area contributed by atoms with Crippen LogP contribution in [-0.4, -0.2) is 42.1 Å². The Labute approximate surface area is 179 Å². The van der Waals surface area contributed by atoms with Crippen molar-refractivity contribution in [2.24, 2.45) is 14.1 Å². The number of hydrogen-bond donors (Lipinski definition) is 1. The fourth-order valence-electron chi connectivity index (χ4n) is 4.20. The third-order valence-electron chi connectivity index (χ3n) is 6.07. The highest BCUT2D eigenvalue weighted by atomic mass is 16.2. The van der Waals surface area contributed by atoms with Crippen LogP contribution in [0, 0.1) is 0 Å². The van der Waals surface area contributed by atoms with Gasteiger partial charge < -0.3 is 9.88 Å². The van der Waals surface area contributed by atoms with Crippen LogP contribution in [0.3, 0.4) is 0 Å². The second-order valence-corrected chi connectivity index (χ2v) is 8.32. The van der Waals surface area contributed by atoms with Gasteiger partial charge in [-0.1, -0.05) is 18.6 Å². The van der Waals surface area contributed by atoms with Crippen LogP contribution in [-0.2, 0) is 32.0 Å². The van der Waals surface area contributed by atoms with Gasteiger partial charge >= 0.3 is 5.69 Å². The number of piperidine rings is 1.